The van der Waals surface area contributed by atoms with Gasteiger partial charge in [-0.05, 0) is 32.1 Å². The predicted molar refractivity (Wildman–Crippen MR) is 71.1 cm³/mol. The maximum absolute atomic E-state index is 11.9. The molecule has 0 aromatic rings. The second-order valence-electron chi connectivity index (χ2n) is 5.26. The second-order valence-corrected chi connectivity index (χ2v) is 5.26. The minimum absolute atomic E-state index is 0. The highest BCUT2D eigenvalue weighted by atomic mass is 35.5. The van der Waals surface area contributed by atoms with Gasteiger partial charge in [-0.1, -0.05) is 19.8 Å². The zero-order valence-corrected chi connectivity index (χ0v) is 11.6. The number of carbonyl (C=O) groups is 1. The van der Waals surface area contributed by atoms with E-state index in [1.165, 1.54) is 0 Å². The SMILES string of the molecule is CC(O)CC(C)CNC(=O)C1(N)CCCC1.Cl. The average molecular weight is 265 g/mol. The Morgan fingerprint density at radius 1 is 1.41 bits per heavy atom. The Bertz CT molecular complexity index is 241. The first kappa shape index (κ1) is 16.7. The quantitative estimate of drug-likeness (QED) is 0.699. The molecule has 5 heteroatoms. The maximum atomic E-state index is 11.9. The van der Waals surface area contributed by atoms with Gasteiger partial charge in [0, 0.05) is 6.54 Å². The molecular formula is C12H25ClN2O2. The van der Waals surface area contributed by atoms with Crippen molar-refractivity contribution in [2.75, 3.05) is 6.54 Å². The van der Waals surface area contributed by atoms with Crippen LogP contribution < -0.4 is 11.1 Å². The van der Waals surface area contributed by atoms with Gasteiger partial charge in [-0.2, -0.15) is 0 Å². The van der Waals surface area contributed by atoms with Crippen LogP contribution >= 0.6 is 12.4 Å². The van der Waals surface area contributed by atoms with E-state index in [0.29, 0.717) is 13.0 Å². The molecular weight excluding hydrogens is 240 g/mol. The van der Waals surface area contributed by atoms with Gasteiger partial charge in [0.15, 0.2) is 0 Å². The number of nitrogens with two attached hydrogens (primary N) is 1. The van der Waals surface area contributed by atoms with Crippen molar-refractivity contribution in [2.24, 2.45) is 11.7 Å². The Balaban J connectivity index is 0.00000256. The fraction of sp³-hybridized carbons (Fsp3) is 0.917. The van der Waals surface area contributed by atoms with Gasteiger partial charge in [-0.15, -0.1) is 12.4 Å². The lowest BCUT2D eigenvalue weighted by Crippen LogP contribution is -2.52. The summed E-state index contributed by atoms with van der Waals surface area (Å²) in [5, 5.41) is 12.1. The lowest BCUT2D eigenvalue weighted by molar-refractivity contribution is -0.126. The molecule has 2 atom stereocenters. The van der Waals surface area contributed by atoms with Crippen LogP contribution in [-0.2, 0) is 4.79 Å². The van der Waals surface area contributed by atoms with Crippen LogP contribution in [0.15, 0.2) is 0 Å². The van der Waals surface area contributed by atoms with Crippen molar-refractivity contribution in [3.8, 4) is 0 Å². The number of halogens is 1. The molecule has 17 heavy (non-hydrogen) atoms. The number of amides is 1. The van der Waals surface area contributed by atoms with Gasteiger partial charge < -0.3 is 16.2 Å². The van der Waals surface area contributed by atoms with Crippen molar-refractivity contribution in [3.05, 3.63) is 0 Å². The highest BCUT2D eigenvalue weighted by Crippen LogP contribution is 2.27. The van der Waals surface area contributed by atoms with Crippen LogP contribution in [0.5, 0.6) is 0 Å². The topological polar surface area (TPSA) is 75.3 Å². The van der Waals surface area contributed by atoms with Crippen molar-refractivity contribution in [1.82, 2.24) is 5.32 Å². The van der Waals surface area contributed by atoms with Crippen LogP contribution in [0.1, 0.15) is 46.0 Å². The molecule has 0 radical (unpaired) electrons. The van der Waals surface area contributed by atoms with Crippen molar-refractivity contribution in [3.63, 3.8) is 0 Å². The molecule has 1 fully saturated rings. The van der Waals surface area contributed by atoms with E-state index in [0.717, 1.165) is 25.7 Å². The highest BCUT2D eigenvalue weighted by molar-refractivity contribution is 5.86. The van der Waals surface area contributed by atoms with E-state index in [1.807, 2.05) is 6.92 Å². The Morgan fingerprint density at radius 3 is 2.41 bits per heavy atom. The summed E-state index contributed by atoms with van der Waals surface area (Å²) in [7, 11) is 0. The molecule has 0 aromatic heterocycles. The fourth-order valence-corrected chi connectivity index (χ4v) is 2.34. The molecule has 2 unspecified atom stereocenters. The minimum Gasteiger partial charge on any atom is -0.393 e. The lowest BCUT2D eigenvalue weighted by atomic mass is 9.97. The Kier molecular flexibility index (Phi) is 7.05. The smallest absolute Gasteiger partial charge is 0.240 e. The lowest BCUT2D eigenvalue weighted by Gasteiger charge is -2.23. The highest BCUT2D eigenvalue weighted by Gasteiger charge is 2.36. The van der Waals surface area contributed by atoms with Crippen molar-refractivity contribution in [2.45, 2.75) is 57.6 Å². The number of carbonyl (C=O) groups excluding carboxylic acids is 1. The van der Waals surface area contributed by atoms with Gasteiger partial charge in [0.05, 0.1) is 11.6 Å². The Labute approximate surface area is 110 Å². The predicted octanol–water partition coefficient (Wildman–Crippen LogP) is 1.20. The van der Waals surface area contributed by atoms with Crippen LogP contribution in [-0.4, -0.2) is 29.2 Å². The van der Waals surface area contributed by atoms with E-state index < -0.39 is 5.54 Å². The van der Waals surface area contributed by atoms with Gasteiger partial charge in [0.25, 0.3) is 0 Å². The van der Waals surface area contributed by atoms with E-state index in [9.17, 15) is 9.90 Å². The summed E-state index contributed by atoms with van der Waals surface area (Å²) < 4.78 is 0. The monoisotopic (exact) mass is 264 g/mol. The van der Waals surface area contributed by atoms with E-state index >= 15 is 0 Å². The molecule has 1 amide bonds. The summed E-state index contributed by atoms with van der Waals surface area (Å²) in [5.41, 5.74) is 5.39. The van der Waals surface area contributed by atoms with Crippen molar-refractivity contribution in [1.29, 1.82) is 0 Å². The van der Waals surface area contributed by atoms with Gasteiger partial charge in [-0.25, -0.2) is 0 Å². The maximum Gasteiger partial charge on any atom is 0.240 e. The summed E-state index contributed by atoms with van der Waals surface area (Å²) in [6.07, 6.45) is 4.08. The van der Waals surface area contributed by atoms with Crippen LogP contribution in [0.3, 0.4) is 0 Å². The number of aliphatic hydroxyl groups excluding tert-OH is 1. The van der Waals surface area contributed by atoms with E-state index in [2.05, 4.69) is 5.32 Å². The molecule has 102 valence electrons. The average Bonchev–Trinajstić information content (AvgIpc) is 2.62. The molecule has 0 saturated heterocycles. The van der Waals surface area contributed by atoms with Gasteiger partial charge in [-0.3, -0.25) is 4.79 Å². The summed E-state index contributed by atoms with van der Waals surface area (Å²) in [5.74, 6) is 0.261. The van der Waals surface area contributed by atoms with Gasteiger partial charge in [0.1, 0.15) is 0 Å². The van der Waals surface area contributed by atoms with E-state index in [4.69, 9.17) is 5.73 Å². The molecule has 1 saturated carbocycles. The minimum atomic E-state index is -0.634. The number of rotatable bonds is 5. The standard InChI is InChI=1S/C12H24N2O2.ClH/c1-9(7-10(2)15)8-14-11(16)12(13)5-3-4-6-12;/h9-10,15H,3-8,13H2,1-2H3,(H,14,16);1H. The zero-order chi connectivity index (χ0) is 12.2. The number of aliphatic hydroxyl groups is 1. The summed E-state index contributed by atoms with van der Waals surface area (Å²) >= 11 is 0. The van der Waals surface area contributed by atoms with Crippen molar-refractivity contribution >= 4 is 18.3 Å². The van der Waals surface area contributed by atoms with E-state index in [1.54, 1.807) is 6.92 Å². The van der Waals surface area contributed by atoms with Crippen LogP contribution in [0.25, 0.3) is 0 Å². The van der Waals surface area contributed by atoms with E-state index in [-0.39, 0.29) is 30.3 Å². The molecule has 0 aliphatic heterocycles. The molecule has 4 N–H and O–H groups in total. The molecule has 1 aliphatic carbocycles. The first-order valence-corrected chi connectivity index (χ1v) is 6.19. The summed E-state index contributed by atoms with van der Waals surface area (Å²) in [6, 6.07) is 0. The third-order valence-electron chi connectivity index (χ3n) is 3.30. The third kappa shape index (κ3) is 5.23. The fourth-order valence-electron chi connectivity index (χ4n) is 2.34. The Morgan fingerprint density at radius 2 is 1.94 bits per heavy atom. The van der Waals surface area contributed by atoms with Gasteiger partial charge in [0.2, 0.25) is 5.91 Å². The molecule has 1 rings (SSSR count). The number of hydrogen-bond acceptors (Lipinski definition) is 3. The molecule has 0 bridgehead atoms. The van der Waals surface area contributed by atoms with Crippen LogP contribution in [0.2, 0.25) is 0 Å². The van der Waals surface area contributed by atoms with Crippen molar-refractivity contribution < 1.29 is 9.90 Å². The molecule has 1 aliphatic rings. The second kappa shape index (κ2) is 7.19. The molecule has 0 aromatic carbocycles. The first-order valence-electron chi connectivity index (χ1n) is 6.19. The zero-order valence-electron chi connectivity index (χ0n) is 10.7. The molecule has 0 heterocycles. The normalized spacial score (nSPS) is 21.4. The number of nitrogens with one attached hydrogen (secondary N) is 1. The Hall–Kier alpha value is -0.320. The molecule has 4 nitrogen and oxygen atoms in total. The third-order valence-corrected chi connectivity index (χ3v) is 3.30. The first-order chi connectivity index (χ1) is 7.44. The molecule has 0 spiro atoms. The largest absolute Gasteiger partial charge is 0.393 e. The summed E-state index contributed by atoms with van der Waals surface area (Å²) in [4.78, 5) is 11.9. The van der Waals surface area contributed by atoms with Crippen LogP contribution in [0, 0.1) is 5.92 Å². The van der Waals surface area contributed by atoms with Gasteiger partial charge >= 0.3 is 0 Å². The summed E-state index contributed by atoms with van der Waals surface area (Å²) in [6.45, 7) is 4.38. The number of hydrogen-bond donors (Lipinski definition) is 3. The van der Waals surface area contributed by atoms with Crippen LogP contribution in [0.4, 0.5) is 0 Å².